The van der Waals surface area contributed by atoms with E-state index in [9.17, 15) is 14.4 Å². The molecule has 0 heterocycles. The molecule has 0 radical (unpaired) electrons. The minimum atomic E-state index is -0.851. The fourth-order valence-electron chi connectivity index (χ4n) is 7.75. The molecular weight excluding hydrogens is 1020 g/mol. The van der Waals surface area contributed by atoms with Crippen LogP contribution in [0, 0.1) is 0 Å². The molecule has 6 nitrogen and oxygen atoms in total. The van der Waals surface area contributed by atoms with Crippen molar-refractivity contribution in [3.05, 3.63) is 219 Å². The zero-order chi connectivity index (χ0) is 59.9. The number of allylic oxidation sites excluding steroid dienone is 36. The van der Waals surface area contributed by atoms with E-state index in [0.29, 0.717) is 19.3 Å². The number of carbonyl (C=O) groups excluding carboxylic acids is 3. The van der Waals surface area contributed by atoms with E-state index in [4.69, 9.17) is 14.2 Å². The van der Waals surface area contributed by atoms with Gasteiger partial charge in [0.25, 0.3) is 0 Å². The quantitative estimate of drug-likeness (QED) is 0.0261. The van der Waals surface area contributed by atoms with E-state index in [2.05, 4.69) is 240 Å². The highest BCUT2D eigenvalue weighted by Gasteiger charge is 2.19. The van der Waals surface area contributed by atoms with Crippen molar-refractivity contribution in [1.82, 2.24) is 0 Å². The number of rotatable bonds is 55. The molecule has 6 heteroatoms. The number of carbonyl (C=O) groups is 3. The molecular formula is C77H114O6. The number of esters is 3. The molecule has 0 bridgehead atoms. The van der Waals surface area contributed by atoms with Crippen LogP contribution in [0.25, 0.3) is 0 Å². The third kappa shape index (κ3) is 66.4. The first-order chi connectivity index (χ1) is 41.0. The van der Waals surface area contributed by atoms with Gasteiger partial charge >= 0.3 is 17.9 Å². The second-order valence-electron chi connectivity index (χ2n) is 20.2. The average Bonchev–Trinajstić information content (AvgIpc) is 3.49. The summed E-state index contributed by atoms with van der Waals surface area (Å²) in [4.78, 5) is 38.3. The Labute approximate surface area is 508 Å². The maximum atomic E-state index is 12.9. The molecule has 0 rings (SSSR count). The minimum absolute atomic E-state index is 0.138. The Morgan fingerprint density at radius 3 is 0.735 bits per heavy atom. The van der Waals surface area contributed by atoms with Gasteiger partial charge in [-0.3, -0.25) is 14.4 Å². The topological polar surface area (TPSA) is 78.9 Å². The lowest BCUT2D eigenvalue weighted by atomic mass is 10.1. The second-order valence-corrected chi connectivity index (χ2v) is 20.2. The first-order valence-corrected chi connectivity index (χ1v) is 32.2. The summed E-state index contributed by atoms with van der Waals surface area (Å²) in [5.74, 6) is -1.07. The summed E-state index contributed by atoms with van der Waals surface area (Å²) in [5.41, 5.74) is 0. The zero-order valence-electron chi connectivity index (χ0n) is 52.4. The van der Waals surface area contributed by atoms with E-state index in [1.54, 1.807) is 0 Å². The Morgan fingerprint density at radius 1 is 0.241 bits per heavy atom. The third-order valence-electron chi connectivity index (χ3n) is 12.5. The summed E-state index contributed by atoms with van der Waals surface area (Å²) < 4.78 is 16.8. The van der Waals surface area contributed by atoms with Crippen molar-refractivity contribution in [3.63, 3.8) is 0 Å². The van der Waals surface area contributed by atoms with Crippen LogP contribution in [0.5, 0.6) is 0 Å². The van der Waals surface area contributed by atoms with Crippen LogP contribution in [-0.4, -0.2) is 37.2 Å². The molecule has 1 unspecified atom stereocenters. The van der Waals surface area contributed by atoms with Crippen molar-refractivity contribution in [2.24, 2.45) is 0 Å². The molecule has 0 amide bonds. The molecule has 0 aromatic heterocycles. The van der Waals surface area contributed by atoms with Gasteiger partial charge in [-0.15, -0.1) is 0 Å². The summed E-state index contributed by atoms with van der Waals surface area (Å²) in [6, 6.07) is 0. The molecule has 83 heavy (non-hydrogen) atoms. The van der Waals surface area contributed by atoms with Gasteiger partial charge in [-0.1, -0.05) is 259 Å². The summed E-state index contributed by atoms with van der Waals surface area (Å²) in [6.07, 6.45) is 107. The Kier molecular flexibility index (Phi) is 63.1. The van der Waals surface area contributed by atoms with Crippen LogP contribution < -0.4 is 0 Å². The molecule has 458 valence electrons. The van der Waals surface area contributed by atoms with Gasteiger partial charge in [0, 0.05) is 19.3 Å². The summed E-state index contributed by atoms with van der Waals surface area (Å²) in [7, 11) is 0. The van der Waals surface area contributed by atoms with Gasteiger partial charge in [-0.25, -0.2) is 0 Å². The lowest BCUT2D eigenvalue weighted by Crippen LogP contribution is -2.30. The molecule has 0 aliphatic rings. The molecule has 0 spiro atoms. The molecule has 0 saturated heterocycles. The van der Waals surface area contributed by atoms with E-state index >= 15 is 0 Å². The van der Waals surface area contributed by atoms with Crippen LogP contribution in [-0.2, 0) is 28.6 Å². The zero-order valence-corrected chi connectivity index (χ0v) is 52.4. The van der Waals surface area contributed by atoms with Gasteiger partial charge in [-0.2, -0.15) is 0 Å². The van der Waals surface area contributed by atoms with E-state index < -0.39 is 12.1 Å². The SMILES string of the molecule is CC/C=C\C/C=C\C/C=C\C/C=C\C/C=C\C/C=C\C/C=C\C/C=C\CCCCC(=O)OCC(COC(=O)CCCCCCC/C=C\C/C=C\C/C=C\CC)OC(=O)CCC/C=C\C/C=C\C/C=C\C/C=C\C/C=C\C/C=C\C/C=C\CC. The maximum absolute atomic E-state index is 12.9. The number of hydrogen-bond acceptors (Lipinski definition) is 6. The highest BCUT2D eigenvalue weighted by molar-refractivity contribution is 5.71. The highest BCUT2D eigenvalue weighted by Crippen LogP contribution is 2.11. The fourth-order valence-corrected chi connectivity index (χ4v) is 7.75. The molecule has 0 aliphatic heterocycles. The molecule has 1 atom stereocenters. The van der Waals surface area contributed by atoms with E-state index in [1.165, 1.54) is 0 Å². The van der Waals surface area contributed by atoms with Gasteiger partial charge in [0.1, 0.15) is 13.2 Å². The molecule has 0 aromatic carbocycles. The van der Waals surface area contributed by atoms with Crippen molar-refractivity contribution in [2.75, 3.05) is 13.2 Å². The molecule has 0 aromatic rings. The second kappa shape index (κ2) is 68.2. The smallest absolute Gasteiger partial charge is 0.306 e. The Hall–Kier alpha value is -6.27. The van der Waals surface area contributed by atoms with Crippen molar-refractivity contribution in [3.8, 4) is 0 Å². The van der Waals surface area contributed by atoms with E-state index in [0.717, 1.165) is 173 Å². The lowest BCUT2D eigenvalue weighted by Gasteiger charge is -2.18. The summed E-state index contributed by atoms with van der Waals surface area (Å²) in [6.45, 7) is 6.18. The van der Waals surface area contributed by atoms with Crippen LogP contribution >= 0.6 is 0 Å². The van der Waals surface area contributed by atoms with E-state index in [1.807, 2.05) is 0 Å². The number of hydrogen-bond donors (Lipinski definition) is 0. The normalized spacial score (nSPS) is 13.6. The van der Waals surface area contributed by atoms with Crippen LogP contribution in [0.4, 0.5) is 0 Å². The predicted molar refractivity (Wildman–Crippen MR) is 361 cm³/mol. The van der Waals surface area contributed by atoms with E-state index in [-0.39, 0.29) is 38.0 Å². The van der Waals surface area contributed by atoms with Crippen LogP contribution in [0.2, 0.25) is 0 Å². The van der Waals surface area contributed by atoms with Crippen molar-refractivity contribution in [1.29, 1.82) is 0 Å². The summed E-state index contributed by atoms with van der Waals surface area (Å²) in [5, 5.41) is 0. The maximum Gasteiger partial charge on any atom is 0.306 e. The first kappa shape index (κ1) is 76.7. The van der Waals surface area contributed by atoms with Crippen molar-refractivity contribution >= 4 is 17.9 Å². The van der Waals surface area contributed by atoms with Crippen LogP contribution in [0.1, 0.15) is 226 Å². The predicted octanol–water partition coefficient (Wildman–Crippen LogP) is 22.5. The lowest BCUT2D eigenvalue weighted by molar-refractivity contribution is -0.167. The van der Waals surface area contributed by atoms with Crippen LogP contribution in [0.15, 0.2) is 219 Å². The van der Waals surface area contributed by atoms with Gasteiger partial charge in [0.15, 0.2) is 6.10 Å². The number of ether oxygens (including phenoxy) is 3. The third-order valence-corrected chi connectivity index (χ3v) is 12.5. The van der Waals surface area contributed by atoms with Gasteiger partial charge < -0.3 is 14.2 Å². The Morgan fingerprint density at radius 2 is 0.446 bits per heavy atom. The Bertz CT molecular complexity index is 2080. The van der Waals surface area contributed by atoms with Crippen molar-refractivity contribution < 1.29 is 28.6 Å². The monoisotopic (exact) mass is 1130 g/mol. The average molecular weight is 1140 g/mol. The highest BCUT2D eigenvalue weighted by atomic mass is 16.6. The summed E-state index contributed by atoms with van der Waals surface area (Å²) >= 11 is 0. The van der Waals surface area contributed by atoms with Gasteiger partial charge in [0.05, 0.1) is 0 Å². The Balaban J connectivity index is 4.62. The molecule has 0 aliphatic carbocycles. The molecule has 0 fully saturated rings. The van der Waals surface area contributed by atoms with Gasteiger partial charge in [-0.05, 0) is 167 Å². The standard InChI is InChI=1S/C77H114O6/c1-4-7-10-13-16-19-22-25-28-30-32-34-36-37-38-39-41-42-44-46-49-52-55-58-61-64-67-70-76(79)82-73-74(72-81-75(78)69-66-63-60-57-54-51-48-27-24-21-18-15-12-9-6-3)83-77(80)71-68-65-62-59-56-53-50-47-45-43-40-35-33-31-29-26-23-20-17-14-11-8-5-2/h7-12,16-21,25-29,32-35,37-38,41-43,45-46,48-50,53,55,58-59,62,74H,4-6,13-15,22-24,30-31,36,39-40,44,47,51-52,54,56-57,60-61,63-73H2,1-3H3/b10-7-,11-8-,12-9-,19-16-,20-17-,21-18-,28-25-,29-26-,34-32-,35-33-,38-37-,42-41-,45-43-,48-27-,49-46-,53-50-,58-55-,62-59-. The minimum Gasteiger partial charge on any atom is -0.462 e. The largest absolute Gasteiger partial charge is 0.462 e. The fraction of sp³-hybridized carbons (Fsp3) is 0.494. The first-order valence-electron chi connectivity index (χ1n) is 32.2. The van der Waals surface area contributed by atoms with Crippen molar-refractivity contribution in [2.45, 2.75) is 232 Å². The molecule has 0 N–H and O–H groups in total. The van der Waals surface area contributed by atoms with Crippen LogP contribution in [0.3, 0.4) is 0 Å². The number of unbranched alkanes of at least 4 members (excludes halogenated alkanes) is 8. The van der Waals surface area contributed by atoms with Gasteiger partial charge in [0.2, 0.25) is 0 Å². The molecule has 0 saturated carbocycles.